The van der Waals surface area contributed by atoms with E-state index in [4.69, 9.17) is 0 Å². The van der Waals surface area contributed by atoms with Crippen molar-refractivity contribution in [1.82, 2.24) is 10.6 Å². The summed E-state index contributed by atoms with van der Waals surface area (Å²) >= 11 is 0. The molecule has 0 aromatic heterocycles. The maximum atomic E-state index is 10.7. The fraction of sp³-hybridized carbons (Fsp3) is 0.625. The van der Waals surface area contributed by atoms with Gasteiger partial charge in [0.1, 0.15) is 0 Å². The van der Waals surface area contributed by atoms with Gasteiger partial charge in [0.2, 0.25) is 5.91 Å². The Morgan fingerprint density at radius 3 is 3.18 bits per heavy atom. The molecule has 1 aliphatic rings. The molecule has 0 aromatic rings. The number of hydrogen-bond acceptors (Lipinski definition) is 2. The van der Waals surface area contributed by atoms with Gasteiger partial charge in [0.25, 0.3) is 0 Å². The molecule has 1 rings (SSSR count). The number of hydrogen-bond donors (Lipinski definition) is 2. The van der Waals surface area contributed by atoms with Gasteiger partial charge in [0.05, 0.1) is 0 Å². The second-order valence-electron chi connectivity index (χ2n) is 2.74. The lowest BCUT2D eigenvalue weighted by molar-refractivity contribution is -0.116. The maximum absolute atomic E-state index is 10.7. The van der Waals surface area contributed by atoms with Crippen molar-refractivity contribution in [3.63, 3.8) is 0 Å². The van der Waals surface area contributed by atoms with Crippen LogP contribution in [0.15, 0.2) is 12.7 Å². The molecule has 3 nitrogen and oxygen atoms in total. The first-order valence-electron chi connectivity index (χ1n) is 3.96. The highest BCUT2D eigenvalue weighted by Gasteiger charge is 2.13. The van der Waals surface area contributed by atoms with Crippen molar-refractivity contribution in [2.45, 2.75) is 18.9 Å². The van der Waals surface area contributed by atoms with Gasteiger partial charge in [0.15, 0.2) is 0 Å². The number of nitrogens with one attached hydrogen (secondary N) is 2. The first kappa shape index (κ1) is 8.27. The van der Waals surface area contributed by atoms with E-state index < -0.39 is 0 Å². The van der Waals surface area contributed by atoms with Crippen LogP contribution >= 0.6 is 0 Å². The molecule has 0 radical (unpaired) electrons. The molecule has 1 saturated heterocycles. The molecule has 0 saturated carbocycles. The minimum atomic E-state index is -0.0845. The van der Waals surface area contributed by atoms with Gasteiger partial charge in [-0.2, -0.15) is 0 Å². The van der Waals surface area contributed by atoms with Crippen LogP contribution in [0.25, 0.3) is 0 Å². The summed E-state index contributed by atoms with van der Waals surface area (Å²) in [6.07, 6.45) is 3.68. The van der Waals surface area contributed by atoms with Gasteiger partial charge in [-0.3, -0.25) is 4.79 Å². The van der Waals surface area contributed by atoms with Gasteiger partial charge in [-0.05, 0) is 25.5 Å². The third kappa shape index (κ3) is 2.72. The SMILES string of the molecule is C=CC(=O)NC[C@@H]1CCCN1. The minimum absolute atomic E-state index is 0.0845. The van der Waals surface area contributed by atoms with E-state index in [2.05, 4.69) is 17.2 Å². The monoisotopic (exact) mass is 154 g/mol. The van der Waals surface area contributed by atoms with Crippen LogP contribution < -0.4 is 10.6 Å². The van der Waals surface area contributed by atoms with Crippen molar-refractivity contribution >= 4 is 5.91 Å². The van der Waals surface area contributed by atoms with Crippen LogP contribution in [0.2, 0.25) is 0 Å². The molecule has 1 aliphatic heterocycles. The Kier molecular flexibility index (Phi) is 3.11. The smallest absolute Gasteiger partial charge is 0.243 e. The van der Waals surface area contributed by atoms with Crippen LogP contribution in [-0.4, -0.2) is 25.0 Å². The summed E-state index contributed by atoms with van der Waals surface area (Å²) in [5.74, 6) is -0.0845. The molecule has 0 bridgehead atoms. The van der Waals surface area contributed by atoms with Crippen LogP contribution in [0, 0.1) is 0 Å². The largest absolute Gasteiger partial charge is 0.351 e. The molecule has 1 atom stereocenters. The second kappa shape index (κ2) is 4.13. The summed E-state index contributed by atoms with van der Waals surface area (Å²) in [4.78, 5) is 10.7. The Morgan fingerprint density at radius 2 is 2.64 bits per heavy atom. The van der Waals surface area contributed by atoms with E-state index in [0.29, 0.717) is 6.04 Å². The third-order valence-electron chi connectivity index (χ3n) is 1.87. The van der Waals surface area contributed by atoms with E-state index in [0.717, 1.165) is 19.5 Å². The first-order valence-corrected chi connectivity index (χ1v) is 3.96. The van der Waals surface area contributed by atoms with Crippen LogP contribution in [-0.2, 0) is 4.79 Å². The van der Waals surface area contributed by atoms with E-state index in [1.54, 1.807) is 0 Å². The van der Waals surface area contributed by atoms with Crippen LogP contribution in [0.4, 0.5) is 0 Å². The fourth-order valence-corrected chi connectivity index (χ4v) is 1.23. The van der Waals surface area contributed by atoms with E-state index >= 15 is 0 Å². The lowest BCUT2D eigenvalue weighted by Gasteiger charge is -2.09. The molecule has 0 aliphatic carbocycles. The topological polar surface area (TPSA) is 41.1 Å². The highest BCUT2D eigenvalue weighted by Crippen LogP contribution is 2.02. The molecule has 3 heteroatoms. The van der Waals surface area contributed by atoms with Crippen LogP contribution in [0.1, 0.15) is 12.8 Å². The number of rotatable bonds is 3. The zero-order valence-corrected chi connectivity index (χ0v) is 6.60. The van der Waals surface area contributed by atoms with E-state index in [1.807, 2.05) is 0 Å². The molecule has 2 N–H and O–H groups in total. The van der Waals surface area contributed by atoms with Gasteiger partial charge < -0.3 is 10.6 Å². The molecule has 0 unspecified atom stereocenters. The summed E-state index contributed by atoms with van der Waals surface area (Å²) in [5.41, 5.74) is 0. The Morgan fingerprint density at radius 1 is 1.82 bits per heavy atom. The Balaban J connectivity index is 2.10. The molecule has 62 valence electrons. The van der Waals surface area contributed by atoms with Crippen molar-refractivity contribution in [3.05, 3.63) is 12.7 Å². The summed E-state index contributed by atoms with van der Waals surface area (Å²) < 4.78 is 0. The summed E-state index contributed by atoms with van der Waals surface area (Å²) in [5, 5.41) is 6.04. The van der Waals surface area contributed by atoms with Gasteiger partial charge in [0, 0.05) is 12.6 Å². The number of amides is 1. The highest BCUT2D eigenvalue weighted by atomic mass is 16.1. The quantitative estimate of drug-likeness (QED) is 0.563. The van der Waals surface area contributed by atoms with Gasteiger partial charge in [-0.15, -0.1) is 0 Å². The van der Waals surface area contributed by atoms with Crippen molar-refractivity contribution in [2.24, 2.45) is 0 Å². The minimum Gasteiger partial charge on any atom is -0.351 e. The highest BCUT2D eigenvalue weighted by molar-refractivity contribution is 5.86. The molecule has 1 amide bonds. The lowest BCUT2D eigenvalue weighted by atomic mass is 10.2. The molecular weight excluding hydrogens is 140 g/mol. The normalized spacial score (nSPS) is 23.1. The van der Waals surface area contributed by atoms with Gasteiger partial charge in [-0.25, -0.2) is 0 Å². The van der Waals surface area contributed by atoms with Crippen molar-refractivity contribution in [1.29, 1.82) is 0 Å². The summed E-state index contributed by atoms with van der Waals surface area (Å²) in [7, 11) is 0. The summed E-state index contributed by atoms with van der Waals surface area (Å²) in [6, 6.07) is 0.471. The fourth-order valence-electron chi connectivity index (χ4n) is 1.23. The first-order chi connectivity index (χ1) is 5.33. The third-order valence-corrected chi connectivity index (χ3v) is 1.87. The number of carbonyl (C=O) groups excluding carboxylic acids is 1. The zero-order valence-electron chi connectivity index (χ0n) is 6.60. The van der Waals surface area contributed by atoms with Crippen LogP contribution in [0.5, 0.6) is 0 Å². The van der Waals surface area contributed by atoms with E-state index in [1.165, 1.54) is 12.5 Å². The average Bonchev–Trinajstić information content (AvgIpc) is 2.52. The van der Waals surface area contributed by atoms with Crippen molar-refractivity contribution in [2.75, 3.05) is 13.1 Å². The molecule has 1 fully saturated rings. The molecular formula is C8H14N2O. The van der Waals surface area contributed by atoms with Crippen LogP contribution in [0.3, 0.4) is 0 Å². The molecule has 0 aromatic carbocycles. The lowest BCUT2D eigenvalue weighted by Crippen LogP contribution is -2.36. The van der Waals surface area contributed by atoms with Gasteiger partial charge in [-0.1, -0.05) is 6.58 Å². The predicted molar refractivity (Wildman–Crippen MR) is 44.2 cm³/mol. The van der Waals surface area contributed by atoms with E-state index in [9.17, 15) is 4.79 Å². The maximum Gasteiger partial charge on any atom is 0.243 e. The molecule has 0 spiro atoms. The molecule has 11 heavy (non-hydrogen) atoms. The van der Waals surface area contributed by atoms with Crippen molar-refractivity contribution < 1.29 is 4.79 Å². The zero-order chi connectivity index (χ0) is 8.10. The van der Waals surface area contributed by atoms with E-state index in [-0.39, 0.29) is 5.91 Å². The van der Waals surface area contributed by atoms with Gasteiger partial charge >= 0.3 is 0 Å². The predicted octanol–water partition coefficient (Wildman–Crippen LogP) is 0.0406. The van der Waals surface area contributed by atoms with Crippen molar-refractivity contribution in [3.8, 4) is 0 Å². The molecule has 1 heterocycles. The Hall–Kier alpha value is -0.830. The average molecular weight is 154 g/mol. The Labute approximate surface area is 66.9 Å². The number of carbonyl (C=O) groups is 1. The Bertz CT molecular complexity index is 150. The summed E-state index contributed by atoms with van der Waals surface area (Å²) in [6.45, 7) is 5.18. The second-order valence-corrected chi connectivity index (χ2v) is 2.74. The standard InChI is InChI=1S/C8H14N2O/c1-2-8(11)10-6-7-4-3-5-9-7/h2,7,9H,1,3-6H2,(H,10,11)/t7-/m0/s1.